The number of nitroso groups, excluding NO2 is 1. The van der Waals surface area contributed by atoms with Crippen molar-refractivity contribution >= 4 is 11.7 Å². The molecule has 0 aliphatic carbocycles. The molecule has 0 aliphatic rings. The molecular weight excluding hydrogens is 229 g/mol. The Hall–Kier alpha value is -2.24. The molecule has 1 aromatic rings. The van der Waals surface area contributed by atoms with E-state index in [1.165, 1.54) is 25.1 Å². The summed E-state index contributed by atoms with van der Waals surface area (Å²) in [6.45, 7) is 1.54. The largest absolute Gasteiger partial charge is 0.505 e. The topological polar surface area (TPSA) is 76.0 Å². The van der Waals surface area contributed by atoms with Crippen LogP contribution < -0.4 is 0 Å². The molecule has 17 heavy (non-hydrogen) atoms. The third kappa shape index (κ3) is 2.87. The van der Waals surface area contributed by atoms with Gasteiger partial charge in [0.15, 0.2) is 5.76 Å². The summed E-state index contributed by atoms with van der Waals surface area (Å²) in [6, 6.07) is 5.15. The lowest BCUT2D eigenvalue weighted by Gasteiger charge is -2.04. The second kappa shape index (κ2) is 5.74. The van der Waals surface area contributed by atoms with Crippen molar-refractivity contribution in [3.8, 4) is 0 Å². The number of aliphatic hydroxyl groups is 1. The van der Waals surface area contributed by atoms with E-state index in [2.05, 4.69) is 9.91 Å². The zero-order chi connectivity index (χ0) is 12.8. The summed E-state index contributed by atoms with van der Waals surface area (Å²) in [6.07, 6.45) is 0. The van der Waals surface area contributed by atoms with Crippen LogP contribution in [0.2, 0.25) is 0 Å². The lowest BCUT2D eigenvalue weighted by molar-refractivity contribution is -0.138. The van der Waals surface area contributed by atoms with Crippen molar-refractivity contribution in [2.45, 2.75) is 6.92 Å². The van der Waals surface area contributed by atoms with E-state index in [9.17, 15) is 19.2 Å². The summed E-state index contributed by atoms with van der Waals surface area (Å²) >= 11 is 0. The van der Waals surface area contributed by atoms with E-state index < -0.39 is 23.2 Å². The van der Waals surface area contributed by atoms with Gasteiger partial charge in [0, 0.05) is 0 Å². The Morgan fingerprint density at radius 3 is 2.65 bits per heavy atom. The maximum Gasteiger partial charge on any atom is 0.364 e. The van der Waals surface area contributed by atoms with E-state index in [-0.39, 0.29) is 12.2 Å². The molecule has 1 aromatic carbocycles. The fourth-order valence-corrected chi connectivity index (χ4v) is 1.16. The molecule has 0 amide bonds. The average Bonchev–Trinajstić information content (AvgIpc) is 2.30. The summed E-state index contributed by atoms with van der Waals surface area (Å²) in [5.74, 6) is -2.70. The number of carbonyl (C=O) groups excluding carboxylic acids is 1. The fraction of sp³-hybridized carbons (Fsp3) is 0.182. The molecule has 90 valence electrons. The van der Waals surface area contributed by atoms with Gasteiger partial charge in [-0.25, -0.2) is 9.18 Å². The quantitative estimate of drug-likeness (QED) is 0.379. The Morgan fingerprint density at radius 1 is 1.47 bits per heavy atom. The van der Waals surface area contributed by atoms with Gasteiger partial charge in [-0.2, -0.15) is 0 Å². The van der Waals surface area contributed by atoms with Gasteiger partial charge >= 0.3 is 5.97 Å². The van der Waals surface area contributed by atoms with Gasteiger partial charge in [-0.15, -0.1) is 4.91 Å². The molecule has 1 rings (SSSR count). The maximum absolute atomic E-state index is 13.3. The van der Waals surface area contributed by atoms with Crippen molar-refractivity contribution in [1.29, 1.82) is 0 Å². The van der Waals surface area contributed by atoms with Crippen LogP contribution >= 0.6 is 0 Å². The Kier molecular flexibility index (Phi) is 4.33. The van der Waals surface area contributed by atoms with E-state index in [4.69, 9.17) is 0 Å². The van der Waals surface area contributed by atoms with Crippen molar-refractivity contribution in [2.24, 2.45) is 5.18 Å². The lowest BCUT2D eigenvalue weighted by Crippen LogP contribution is -2.08. The molecular formula is C11H10FNO4. The minimum atomic E-state index is -1.09. The SMILES string of the molecule is CCOC(=O)C(N=O)=C(O)c1ccccc1F. The second-order valence-corrected chi connectivity index (χ2v) is 2.99. The average molecular weight is 239 g/mol. The van der Waals surface area contributed by atoms with Gasteiger partial charge in [-0.1, -0.05) is 12.1 Å². The van der Waals surface area contributed by atoms with Gasteiger partial charge in [0.25, 0.3) is 0 Å². The van der Waals surface area contributed by atoms with Gasteiger partial charge < -0.3 is 9.84 Å². The minimum absolute atomic E-state index is 0.0163. The van der Waals surface area contributed by atoms with Gasteiger partial charge in [0.05, 0.1) is 12.2 Å². The lowest BCUT2D eigenvalue weighted by atomic mass is 10.1. The first kappa shape index (κ1) is 12.8. The van der Waals surface area contributed by atoms with Crippen molar-refractivity contribution < 1.29 is 19.0 Å². The zero-order valence-electron chi connectivity index (χ0n) is 9.01. The van der Waals surface area contributed by atoms with Crippen LogP contribution in [0.4, 0.5) is 4.39 Å². The Bertz CT molecular complexity index is 470. The third-order valence-corrected chi connectivity index (χ3v) is 1.91. The predicted molar refractivity (Wildman–Crippen MR) is 58.4 cm³/mol. The highest BCUT2D eigenvalue weighted by atomic mass is 19.1. The molecule has 0 radical (unpaired) electrons. The first-order valence-electron chi connectivity index (χ1n) is 4.80. The van der Waals surface area contributed by atoms with E-state index in [1.54, 1.807) is 0 Å². The van der Waals surface area contributed by atoms with Crippen LogP contribution in [0.15, 0.2) is 35.1 Å². The first-order chi connectivity index (χ1) is 8.11. The van der Waals surface area contributed by atoms with Gasteiger partial charge in [0.2, 0.25) is 5.70 Å². The molecule has 0 saturated carbocycles. The van der Waals surface area contributed by atoms with E-state index >= 15 is 0 Å². The molecule has 0 spiro atoms. The summed E-state index contributed by atoms with van der Waals surface area (Å²) in [5.41, 5.74) is -1.13. The molecule has 6 heteroatoms. The summed E-state index contributed by atoms with van der Waals surface area (Å²) in [7, 11) is 0. The summed E-state index contributed by atoms with van der Waals surface area (Å²) < 4.78 is 17.8. The van der Waals surface area contributed by atoms with Crippen LogP contribution in [-0.2, 0) is 9.53 Å². The van der Waals surface area contributed by atoms with Gasteiger partial charge in [-0.3, -0.25) is 0 Å². The number of ether oxygens (including phenoxy) is 1. The van der Waals surface area contributed by atoms with Crippen LogP contribution in [0.5, 0.6) is 0 Å². The molecule has 0 fully saturated rings. The Balaban J connectivity index is 3.22. The molecule has 0 atom stereocenters. The number of esters is 1. The molecule has 1 N–H and O–H groups in total. The maximum atomic E-state index is 13.3. The van der Waals surface area contributed by atoms with Crippen molar-refractivity contribution in [1.82, 2.24) is 0 Å². The number of nitrogens with zero attached hydrogens (tertiary/aromatic N) is 1. The molecule has 0 unspecified atom stereocenters. The number of rotatable bonds is 4. The predicted octanol–water partition coefficient (Wildman–Crippen LogP) is 2.38. The number of benzene rings is 1. The van der Waals surface area contributed by atoms with Crippen LogP contribution in [0.1, 0.15) is 12.5 Å². The number of hydrogen-bond acceptors (Lipinski definition) is 5. The van der Waals surface area contributed by atoms with Crippen LogP contribution in [0.3, 0.4) is 0 Å². The molecule has 5 nitrogen and oxygen atoms in total. The van der Waals surface area contributed by atoms with Crippen LogP contribution in [0.25, 0.3) is 5.76 Å². The van der Waals surface area contributed by atoms with E-state index in [0.29, 0.717) is 0 Å². The Morgan fingerprint density at radius 2 is 2.12 bits per heavy atom. The number of aliphatic hydroxyl groups excluding tert-OH is 1. The van der Waals surface area contributed by atoms with Crippen LogP contribution in [0, 0.1) is 10.7 Å². The Labute approximate surface area is 96.5 Å². The molecule has 0 saturated heterocycles. The molecule has 0 heterocycles. The van der Waals surface area contributed by atoms with Gasteiger partial charge in [0.1, 0.15) is 5.82 Å². The summed E-state index contributed by atoms with van der Waals surface area (Å²) in [4.78, 5) is 21.7. The molecule has 0 bridgehead atoms. The number of carbonyl (C=O) groups is 1. The standard InChI is InChI=1S/C11H10FNO4/c1-2-17-11(15)9(13-16)10(14)7-5-3-4-6-8(7)12/h3-6,14H,2H2,1H3. The third-order valence-electron chi connectivity index (χ3n) is 1.91. The number of halogens is 1. The summed E-state index contributed by atoms with van der Waals surface area (Å²) in [5, 5.41) is 12.0. The van der Waals surface area contributed by atoms with E-state index in [0.717, 1.165) is 6.07 Å². The van der Waals surface area contributed by atoms with E-state index in [1.807, 2.05) is 0 Å². The first-order valence-corrected chi connectivity index (χ1v) is 4.80. The number of hydrogen-bond donors (Lipinski definition) is 1. The highest BCUT2D eigenvalue weighted by Gasteiger charge is 2.20. The fourth-order valence-electron chi connectivity index (χ4n) is 1.16. The highest BCUT2D eigenvalue weighted by Crippen LogP contribution is 2.20. The monoisotopic (exact) mass is 239 g/mol. The van der Waals surface area contributed by atoms with Crippen LogP contribution in [-0.4, -0.2) is 17.7 Å². The minimum Gasteiger partial charge on any atom is -0.505 e. The highest BCUT2D eigenvalue weighted by molar-refractivity contribution is 5.95. The molecule has 0 aromatic heterocycles. The van der Waals surface area contributed by atoms with Gasteiger partial charge in [-0.05, 0) is 24.2 Å². The zero-order valence-corrected chi connectivity index (χ0v) is 9.01. The van der Waals surface area contributed by atoms with Crippen molar-refractivity contribution in [3.05, 3.63) is 46.3 Å². The van der Waals surface area contributed by atoms with Crippen molar-refractivity contribution in [3.63, 3.8) is 0 Å². The smallest absolute Gasteiger partial charge is 0.364 e. The molecule has 0 aliphatic heterocycles. The normalized spacial score (nSPS) is 11.6. The second-order valence-electron chi connectivity index (χ2n) is 2.99. The van der Waals surface area contributed by atoms with Crippen molar-refractivity contribution in [2.75, 3.05) is 6.61 Å².